The first-order valence-electron chi connectivity index (χ1n) is 7.92. The molecule has 2 aromatic heterocycles. The second-order valence-electron chi connectivity index (χ2n) is 5.88. The number of para-hydroxylation sites is 1. The molecular formula is C19H18N4S. The Morgan fingerprint density at radius 1 is 1.00 bits per heavy atom. The number of likely N-dealkylation sites (N-methyl/N-ethyl adjacent to an activating group) is 1. The summed E-state index contributed by atoms with van der Waals surface area (Å²) in [7, 11) is 2.03. The van der Waals surface area contributed by atoms with E-state index in [1.54, 1.807) is 0 Å². The third-order valence-electron chi connectivity index (χ3n) is 4.46. The molecule has 3 heterocycles. The Bertz CT molecular complexity index is 844. The van der Waals surface area contributed by atoms with Crippen LogP contribution in [-0.2, 0) is 0 Å². The SMILES string of the molecule is CN1C(=S)N[C@H](c2ccccn2)[C@H]1c1cccn1-c1ccccc1. The molecule has 5 heteroatoms. The van der Waals surface area contributed by atoms with Gasteiger partial charge in [-0.15, -0.1) is 0 Å². The van der Waals surface area contributed by atoms with Gasteiger partial charge in [-0.1, -0.05) is 24.3 Å². The molecule has 2 atom stereocenters. The zero-order valence-corrected chi connectivity index (χ0v) is 14.1. The predicted octanol–water partition coefficient (Wildman–Crippen LogP) is 3.47. The molecule has 0 radical (unpaired) electrons. The van der Waals surface area contributed by atoms with Crippen LogP contribution in [0.3, 0.4) is 0 Å². The number of hydrogen-bond donors (Lipinski definition) is 1. The van der Waals surface area contributed by atoms with Crippen LogP contribution in [0.25, 0.3) is 5.69 Å². The standard InChI is InChI=1S/C19H18N4S/c1-22-18(17(21-19(22)24)15-10-5-6-12-20-15)16-11-7-13-23(16)14-8-3-2-4-9-14/h2-13,17-18H,1H3,(H,21,24)/t17-,18-/m1/s1. The van der Waals surface area contributed by atoms with Crippen LogP contribution < -0.4 is 5.32 Å². The highest BCUT2D eigenvalue weighted by Gasteiger charge is 2.39. The number of nitrogens with zero attached hydrogens (tertiary/aromatic N) is 3. The fraction of sp³-hybridized carbons (Fsp3) is 0.158. The van der Waals surface area contributed by atoms with Crippen LogP contribution in [-0.4, -0.2) is 26.6 Å². The predicted molar refractivity (Wildman–Crippen MR) is 99.0 cm³/mol. The summed E-state index contributed by atoms with van der Waals surface area (Å²) in [5, 5.41) is 4.17. The number of aromatic nitrogens is 2. The van der Waals surface area contributed by atoms with Gasteiger partial charge in [0, 0.05) is 30.8 Å². The normalized spacial score (nSPS) is 20.2. The smallest absolute Gasteiger partial charge is 0.169 e. The molecule has 1 N–H and O–H groups in total. The van der Waals surface area contributed by atoms with Crippen molar-refractivity contribution in [2.24, 2.45) is 0 Å². The number of rotatable bonds is 3. The molecule has 1 saturated heterocycles. The van der Waals surface area contributed by atoms with Crippen molar-refractivity contribution in [3.63, 3.8) is 0 Å². The van der Waals surface area contributed by atoms with Gasteiger partial charge >= 0.3 is 0 Å². The maximum Gasteiger partial charge on any atom is 0.169 e. The highest BCUT2D eigenvalue weighted by atomic mass is 32.1. The van der Waals surface area contributed by atoms with Gasteiger partial charge < -0.3 is 14.8 Å². The molecule has 1 fully saturated rings. The molecule has 0 unspecified atom stereocenters. The third-order valence-corrected chi connectivity index (χ3v) is 4.86. The summed E-state index contributed by atoms with van der Waals surface area (Å²) >= 11 is 5.51. The Hall–Kier alpha value is -2.66. The molecule has 1 aliphatic heterocycles. The van der Waals surface area contributed by atoms with Crippen LogP contribution in [0.4, 0.5) is 0 Å². The van der Waals surface area contributed by atoms with E-state index in [0.717, 1.165) is 16.5 Å². The van der Waals surface area contributed by atoms with Crippen molar-refractivity contribution in [1.82, 2.24) is 19.8 Å². The Kier molecular flexibility index (Phi) is 3.78. The zero-order chi connectivity index (χ0) is 16.5. The van der Waals surface area contributed by atoms with Crippen molar-refractivity contribution in [1.29, 1.82) is 0 Å². The molecule has 120 valence electrons. The van der Waals surface area contributed by atoms with E-state index >= 15 is 0 Å². The fourth-order valence-electron chi connectivity index (χ4n) is 3.29. The quantitative estimate of drug-likeness (QED) is 0.744. The minimum absolute atomic E-state index is 0.0288. The first-order chi connectivity index (χ1) is 11.8. The van der Waals surface area contributed by atoms with E-state index < -0.39 is 0 Å². The third kappa shape index (κ3) is 2.47. The summed E-state index contributed by atoms with van der Waals surface area (Å²) < 4.78 is 2.22. The van der Waals surface area contributed by atoms with Crippen molar-refractivity contribution < 1.29 is 0 Å². The summed E-state index contributed by atoms with van der Waals surface area (Å²) in [6, 6.07) is 20.7. The lowest BCUT2D eigenvalue weighted by molar-refractivity contribution is 0.357. The lowest BCUT2D eigenvalue weighted by atomic mass is 10.0. The monoisotopic (exact) mass is 334 g/mol. The van der Waals surface area contributed by atoms with E-state index in [9.17, 15) is 0 Å². The number of hydrogen-bond acceptors (Lipinski definition) is 2. The topological polar surface area (TPSA) is 33.1 Å². The molecule has 0 aliphatic carbocycles. The van der Waals surface area contributed by atoms with E-state index in [4.69, 9.17) is 12.2 Å². The van der Waals surface area contributed by atoms with Crippen molar-refractivity contribution in [2.75, 3.05) is 7.05 Å². The van der Waals surface area contributed by atoms with Crippen LogP contribution >= 0.6 is 12.2 Å². The van der Waals surface area contributed by atoms with Crippen LogP contribution in [0, 0.1) is 0 Å². The van der Waals surface area contributed by atoms with E-state index in [0.29, 0.717) is 0 Å². The minimum atomic E-state index is 0.0288. The van der Waals surface area contributed by atoms with E-state index in [-0.39, 0.29) is 12.1 Å². The Balaban J connectivity index is 1.80. The van der Waals surface area contributed by atoms with Crippen molar-refractivity contribution >= 4 is 17.3 Å². The molecule has 4 nitrogen and oxygen atoms in total. The minimum Gasteiger partial charge on any atom is -0.352 e. The van der Waals surface area contributed by atoms with E-state index in [2.05, 4.69) is 62.4 Å². The molecule has 1 aromatic carbocycles. The van der Waals surface area contributed by atoms with Crippen molar-refractivity contribution in [3.05, 3.63) is 84.4 Å². The maximum atomic E-state index is 5.51. The summed E-state index contributed by atoms with van der Waals surface area (Å²) in [6.45, 7) is 0. The Morgan fingerprint density at radius 3 is 2.54 bits per heavy atom. The molecule has 0 amide bonds. The van der Waals surface area contributed by atoms with Gasteiger partial charge in [-0.2, -0.15) is 0 Å². The first kappa shape index (κ1) is 14.9. The van der Waals surface area contributed by atoms with Crippen molar-refractivity contribution in [2.45, 2.75) is 12.1 Å². The van der Waals surface area contributed by atoms with E-state index in [1.807, 2.05) is 37.5 Å². The highest BCUT2D eigenvalue weighted by molar-refractivity contribution is 7.80. The largest absolute Gasteiger partial charge is 0.352 e. The lowest BCUT2D eigenvalue weighted by Gasteiger charge is -2.25. The van der Waals surface area contributed by atoms with Gasteiger partial charge in [0.1, 0.15) is 0 Å². The Labute approximate surface area is 146 Å². The van der Waals surface area contributed by atoms with Gasteiger partial charge in [0.15, 0.2) is 5.11 Å². The first-order valence-corrected chi connectivity index (χ1v) is 8.33. The number of benzene rings is 1. The molecule has 0 bridgehead atoms. The van der Waals surface area contributed by atoms with Crippen LogP contribution in [0.15, 0.2) is 73.1 Å². The molecule has 24 heavy (non-hydrogen) atoms. The molecule has 0 saturated carbocycles. The second-order valence-corrected chi connectivity index (χ2v) is 6.26. The number of thiocarbonyl (C=S) groups is 1. The summed E-state index contributed by atoms with van der Waals surface area (Å²) in [4.78, 5) is 6.65. The maximum absolute atomic E-state index is 5.51. The zero-order valence-electron chi connectivity index (χ0n) is 13.3. The average Bonchev–Trinajstić information content (AvgIpc) is 3.22. The fourth-order valence-corrected chi connectivity index (χ4v) is 3.53. The van der Waals surface area contributed by atoms with Gasteiger partial charge in [0.25, 0.3) is 0 Å². The van der Waals surface area contributed by atoms with Gasteiger partial charge in [0.2, 0.25) is 0 Å². The Morgan fingerprint density at radius 2 is 1.79 bits per heavy atom. The summed E-state index contributed by atoms with van der Waals surface area (Å²) in [6.07, 6.45) is 3.92. The van der Waals surface area contributed by atoms with Gasteiger partial charge in [0.05, 0.1) is 17.8 Å². The van der Waals surface area contributed by atoms with Crippen LogP contribution in [0.2, 0.25) is 0 Å². The van der Waals surface area contributed by atoms with Gasteiger partial charge in [-0.05, 0) is 48.6 Å². The molecular weight excluding hydrogens is 316 g/mol. The van der Waals surface area contributed by atoms with Gasteiger partial charge in [-0.25, -0.2) is 0 Å². The van der Waals surface area contributed by atoms with Crippen molar-refractivity contribution in [3.8, 4) is 5.69 Å². The van der Waals surface area contributed by atoms with Crippen LogP contribution in [0.1, 0.15) is 23.5 Å². The highest BCUT2D eigenvalue weighted by Crippen LogP contribution is 2.38. The van der Waals surface area contributed by atoms with Crippen LogP contribution in [0.5, 0.6) is 0 Å². The molecule has 1 aliphatic rings. The second kappa shape index (κ2) is 6.09. The summed E-state index contributed by atoms with van der Waals surface area (Å²) in [5.74, 6) is 0. The lowest BCUT2D eigenvalue weighted by Crippen LogP contribution is -2.25. The molecule has 3 aromatic rings. The number of nitrogens with one attached hydrogen (secondary N) is 1. The van der Waals surface area contributed by atoms with Gasteiger partial charge in [-0.3, -0.25) is 4.98 Å². The molecule has 0 spiro atoms. The number of pyridine rings is 1. The average molecular weight is 334 g/mol. The molecule has 4 rings (SSSR count). The summed E-state index contributed by atoms with van der Waals surface area (Å²) in [5.41, 5.74) is 3.32. The van der Waals surface area contributed by atoms with E-state index in [1.165, 1.54) is 5.69 Å².